The van der Waals surface area contributed by atoms with Crippen molar-refractivity contribution in [1.29, 1.82) is 0 Å². The molecule has 1 fully saturated rings. The fourth-order valence-electron chi connectivity index (χ4n) is 1.21. The normalized spacial score (nSPS) is 30.8. The highest BCUT2D eigenvalue weighted by Crippen LogP contribution is 2.16. The Kier molecular flexibility index (Phi) is 3.74. The number of alkyl halides is 1. The molecule has 0 aliphatic carbocycles. The molecule has 1 saturated heterocycles. The van der Waals surface area contributed by atoms with Gasteiger partial charge in [-0.2, -0.15) is 0 Å². The zero-order valence-corrected chi connectivity index (χ0v) is 9.76. The second-order valence-corrected chi connectivity index (χ2v) is 5.51. The van der Waals surface area contributed by atoms with E-state index in [0.29, 0.717) is 6.61 Å². The van der Waals surface area contributed by atoms with Crippen molar-refractivity contribution in [1.82, 2.24) is 4.72 Å². The van der Waals surface area contributed by atoms with Crippen molar-refractivity contribution in [3.05, 3.63) is 0 Å². The van der Waals surface area contributed by atoms with Gasteiger partial charge in [-0.25, -0.2) is 13.1 Å². The summed E-state index contributed by atoms with van der Waals surface area (Å²) < 4.78 is 30.5. The van der Waals surface area contributed by atoms with Gasteiger partial charge in [0.15, 0.2) is 0 Å². The van der Waals surface area contributed by atoms with Crippen LogP contribution < -0.4 is 4.72 Å². The van der Waals surface area contributed by atoms with Crippen LogP contribution in [0.1, 0.15) is 6.42 Å². The molecule has 4 nitrogen and oxygen atoms in total. The van der Waals surface area contributed by atoms with E-state index in [1.165, 1.54) is 6.26 Å². The first-order valence-electron chi connectivity index (χ1n) is 3.68. The van der Waals surface area contributed by atoms with Gasteiger partial charge >= 0.3 is 0 Å². The summed E-state index contributed by atoms with van der Waals surface area (Å²) in [5.74, 6) is 0. The highest BCUT2D eigenvalue weighted by molar-refractivity contribution is 14.1. The minimum atomic E-state index is -3.08. The van der Waals surface area contributed by atoms with Crippen LogP contribution in [0.5, 0.6) is 0 Å². The quantitative estimate of drug-likeness (QED) is 0.595. The van der Waals surface area contributed by atoms with Crippen molar-refractivity contribution in [2.24, 2.45) is 0 Å². The van der Waals surface area contributed by atoms with Gasteiger partial charge in [-0.15, -0.1) is 0 Å². The lowest BCUT2D eigenvalue weighted by Gasteiger charge is -2.15. The zero-order valence-electron chi connectivity index (χ0n) is 6.79. The monoisotopic (exact) mass is 305 g/mol. The molecule has 0 amide bonds. The summed E-state index contributed by atoms with van der Waals surface area (Å²) in [5.41, 5.74) is 0. The molecular weight excluding hydrogens is 293 g/mol. The molecular formula is C6H12INO3S. The highest BCUT2D eigenvalue weighted by atomic mass is 127. The molecule has 1 aliphatic rings. The number of sulfonamides is 1. The fourth-order valence-corrected chi connectivity index (χ4v) is 2.90. The van der Waals surface area contributed by atoms with Crippen LogP contribution in [0.2, 0.25) is 0 Å². The second-order valence-electron chi connectivity index (χ2n) is 2.85. The summed E-state index contributed by atoms with van der Waals surface area (Å²) in [6.45, 7) is 0.654. The lowest BCUT2D eigenvalue weighted by Crippen LogP contribution is -2.40. The number of halogens is 1. The van der Waals surface area contributed by atoms with E-state index >= 15 is 0 Å². The van der Waals surface area contributed by atoms with E-state index in [1.54, 1.807) is 0 Å². The van der Waals surface area contributed by atoms with Crippen molar-refractivity contribution >= 4 is 32.6 Å². The first-order chi connectivity index (χ1) is 5.53. The largest absolute Gasteiger partial charge is 0.376 e. The molecule has 0 aromatic carbocycles. The van der Waals surface area contributed by atoms with E-state index in [1.807, 2.05) is 0 Å². The lowest BCUT2D eigenvalue weighted by atomic mass is 10.2. The van der Waals surface area contributed by atoms with Gasteiger partial charge in [-0.3, -0.25) is 0 Å². The van der Waals surface area contributed by atoms with E-state index in [4.69, 9.17) is 4.74 Å². The number of rotatable bonds is 3. The van der Waals surface area contributed by atoms with Crippen molar-refractivity contribution in [2.45, 2.75) is 18.6 Å². The lowest BCUT2D eigenvalue weighted by molar-refractivity contribution is 0.122. The maximum atomic E-state index is 10.9. The third kappa shape index (κ3) is 3.15. The molecule has 1 aliphatic heterocycles. The van der Waals surface area contributed by atoms with E-state index in [-0.39, 0.29) is 12.1 Å². The van der Waals surface area contributed by atoms with Crippen molar-refractivity contribution in [2.75, 3.05) is 17.3 Å². The summed E-state index contributed by atoms with van der Waals surface area (Å²) in [5, 5.41) is 0. The Morgan fingerprint density at radius 2 is 2.33 bits per heavy atom. The molecule has 0 aromatic rings. The topological polar surface area (TPSA) is 55.4 Å². The van der Waals surface area contributed by atoms with Crippen LogP contribution in [0.15, 0.2) is 0 Å². The van der Waals surface area contributed by atoms with Gasteiger partial charge in [0.1, 0.15) is 0 Å². The van der Waals surface area contributed by atoms with E-state index in [9.17, 15) is 8.42 Å². The van der Waals surface area contributed by atoms with Gasteiger partial charge in [0, 0.05) is 11.0 Å². The van der Waals surface area contributed by atoms with Gasteiger partial charge in [0.05, 0.1) is 18.4 Å². The van der Waals surface area contributed by atoms with Crippen LogP contribution >= 0.6 is 22.6 Å². The Morgan fingerprint density at radius 1 is 1.67 bits per heavy atom. The number of ether oxygens (including phenoxy) is 1. The van der Waals surface area contributed by atoms with Crippen LogP contribution in [0.4, 0.5) is 0 Å². The van der Waals surface area contributed by atoms with Gasteiger partial charge in [-0.1, -0.05) is 22.6 Å². The Balaban J connectivity index is 2.52. The van der Waals surface area contributed by atoms with Crippen molar-refractivity contribution < 1.29 is 13.2 Å². The molecule has 0 aromatic heterocycles. The molecule has 0 unspecified atom stereocenters. The zero-order chi connectivity index (χ0) is 9.19. The number of nitrogens with one attached hydrogen (secondary N) is 1. The molecule has 1 N–H and O–H groups in total. The van der Waals surface area contributed by atoms with Crippen molar-refractivity contribution in [3.63, 3.8) is 0 Å². The summed E-state index contributed by atoms with van der Waals surface area (Å²) in [7, 11) is -3.08. The van der Waals surface area contributed by atoms with Gasteiger partial charge in [-0.05, 0) is 6.42 Å². The predicted molar refractivity (Wildman–Crippen MR) is 55.0 cm³/mol. The fraction of sp³-hybridized carbons (Fsp3) is 1.00. The Bertz CT molecular complexity index is 241. The average Bonchev–Trinajstić information content (AvgIpc) is 2.31. The molecule has 2 atom stereocenters. The summed E-state index contributed by atoms with van der Waals surface area (Å²) in [6.07, 6.45) is 2.00. The van der Waals surface area contributed by atoms with Gasteiger partial charge < -0.3 is 4.74 Å². The molecule has 0 bridgehead atoms. The van der Waals surface area contributed by atoms with Crippen LogP contribution in [-0.4, -0.2) is 37.9 Å². The smallest absolute Gasteiger partial charge is 0.209 e. The molecule has 12 heavy (non-hydrogen) atoms. The second kappa shape index (κ2) is 4.21. The van der Waals surface area contributed by atoms with E-state index in [0.717, 1.165) is 10.8 Å². The van der Waals surface area contributed by atoms with Crippen LogP contribution in [-0.2, 0) is 14.8 Å². The Morgan fingerprint density at radius 3 is 2.83 bits per heavy atom. The Hall–Kier alpha value is 0.600. The van der Waals surface area contributed by atoms with Gasteiger partial charge in [0.2, 0.25) is 10.0 Å². The standard InChI is InChI=1S/C6H12INO3S/c1-12(9,10)8-5-2-3-11-6(5)4-7/h5-6,8H,2-4H2,1H3/t5-,6-/m1/s1. The molecule has 0 saturated carbocycles. The van der Waals surface area contributed by atoms with Gasteiger partial charge in [0.25, 0.3) is 0 Å². The van der Waals surface area contributed by atoms with Crippen LogP contribution in [0, 0.1) is 0 Å². The maximum Gasteiger partial charge on any atom is 0.209 e. The van der Waals surface area contributed by atoms with Crippen LogP contribution in [0.3, 0.4) is 0 Å². The van der Waals surface area contributed by atoms with E-state index < -0.39 is 10.0 Å². The molecule has 6 heteroatoms. The molecule has 1 heterocycles. The minimum absolute atomic E-state index is 0.0306. The summed E-state index contributed by atoms with van der Waals surface area (Å²) >= 11 is 2.20. The number of hydrogen-bond donors (Lipinski definition) is 1. The van der Waals surface area contributed by atoms with Crippen LogP contribution in [0.25, 0.3) is 0 Å². The first-order valence-corrected chi connectivity index (χ1v) is 7.09. The Labute approximate surface area is 86.2 Å². The number of hydrogen-bond acceptors (Lipinski definition) is 3. The first kappa shape index (κ1) is 10.7. The highest BCUT2D eigenvalue weighted by Gasteiger charge is 2.29. The summed E-state index contributed by atoms with van der Waals surface area (Å²) in [4.78, 5) is 0. The predicted octanol–water partition coefficient (Wildman–Crippen LogP) is 0.128. The maximum absolute atomic E-state index is 10.9. The van der Waals surface area contributed by atoms with E-state index in [2.05, 4.69) is 27.3 Å². The minimum Gasteiger partial charge on any atom is -0.376 e. The third-order valence-electron chi connectivity index (χ3n) is 1.73. The van der Waals surface area contributed by atoms with Crippen molar-refractivity contribution in [3.8, 4) is 0 Å². The molecule has 72 valence electrons. The molecule has 0 spiro atoms. The third-order valence-corrected chi connectivity index (χ3v) is 3.33. The molecule has 1 rings (SSSR count). The SMILES string of the molecule is CS(=O)(=O)N[C@@H]1CCO[C@@H]1CI. The summed E-state index contributed by atoms with van der Waals surface area (Å²) in [6, 6.07) is -0.0306. The average molecular weight is 305 g/mol. The molecule has 0 radical (unpaired) electrons.